The van der Waals surface area contributed by atoms with Crippen LogP contribution in [0, 0.1) is 0 Å². The maximum absolute atomic E-state index is 12.7. The van der Waals surface area contributed by atoms with Crippen molar-refractivity contribution >= 4 is 5.91 Å². The van der Waals surface area contributed by atoms with E-state index in [9.17, 15) is 4.79 Å². The summed E-state index contributed by atoms with van der Waals surface area (Å²) in [4.78, 5) is 12.7. The molecule has 138 valence electrons. The molecule has 1 aliphatic heterocycles. The van der Waals surface area contributed by atoms with Gasteiger partial charge in [0.1, 0.15) is 5.75 Å². The summed E-state index contributed by atoms with van der Waals surface area (Å²) in [5.41, 5.74) is 1.20. The molecule has 1 N–H and O–H groups in total. The van der Waals surface area contributed by atoms with E-state index in [0.717, 1.165) is 31.8 Å². The van der Waals surface area contributed by atoms with E-state index < -0.39 is 6.10 Å². The highest BCUT2D eigenvalue weighted by Gasteiger charge is 2.35. The van der Waals surface area contributed by atoms with E-state index in [1.807, 2.05) is 43.3 Å². The van der Waals surface area contributed by atoms with Gasteiger partial charge in [-0.15, -0.1) is 0 Å². The van der Waals surface area contributed by atoms with Crippen LogP contribution in [0.15, 0.2) is 60.7 Å². The predicted octanol–water partition coefficient (Wildman–Crippen LogP) is 3.71. The number of para-hydroxylation sites is 1. The molecule has 2 aromatic carbocycles. The Bertz CT molecular complexity index is 681. The van der Waals surface area contributed by atoms with Crippen molar-refractivity contribution in [2.24, 2.45) is 0 Å². The molecule has 0 saturated carbocycles. The average Bonchev–Trinajstić information content (AvgIpc) is 2.72. The zero-order chi connectivity index (χ0) is 18.2. The second kappa shape index (κ2) is 8.86. The fourth-order valence-electron chi connectivity index (χ4n) is 3.48. The number of benzene rings is 2. The van der Waals surface area contributed by atoms with Crippen LogP contribution in [0.25, 0.3) is 0 Å². The summed E-state index contributed by atoms with van der Waals surface area (Å²) in [6, 6.07) is 19.9. The molecule has 1 atom stereocenters. The Morgan fingerprint density at radius 1 is 1.08 bits per heavy atom. The zero-order valence-electron chi connectivity index (χ0n) is 15.3. The zero-order valence-corrected chi connectivity index (χ0v) is 15.3. The fourth-order valence-corrected chi connectivity index (χ4v) is 3.48. The minimum absolute atomic E-state index is 0.0573. The molecular weight excluding hydrogens is 326 g/mol. The largest absolute Gasteiger partial charge is 0.481 e. The van der Waals surface area contributed by atoms with Crippen molar-refractivity contribution in [2.75, 3.05) is 19.8 Å². The van der Waals surface area contributed by atoms with E-state index in [0.29, 0.717) is 13.0 Å². The quantitative estimate of drug-likeness (QED) is 0.825. The van der Waals surface area contributed by atoms with E-state index >= 15 is 0 Å². The van der Waals surface area contributed by atoms with Gasteiger partial charge in [0.15, 0.2) is 6.10 Å². The van der Waals surface area contributed by atoms with E-state index in [2.05, 4.69) is 29.6 Å². The normalized spacial score (nSPS) is 17.3. The van der Waals surface area contributed by atoms with Crippen molar-refractivity contribution in [1.29, 1.82) is 0 Å². The lowest BCUT2D eigenvalue weighted by Gasteiger charge is -2.38. The second-order valence-corrected chi connectivity index (χ2v) is 6.80. The van der Waals surface area contributed by atoms with Crippen molar-refractivity contribution in [3.05, 3.63) is 66.2 Å². The maximum Gasteiger partial charge on any atom is 0.261 e. The molecule has 0 unspecified atom stereocenters. The van der Waals surface area contributed by atoms with Gasteiger partial charge < -0.3 is 14.8 Å². The molecule has 0 spiro atoms. The fraction of sp³-hybridized carbons (Fsp3) is 0.409. The highest BCUT2D eigenvalue weighted by Crippen LogP contribution is 2.34. The predicted molar refractivity (Wildman–Crippen MR) is 102 cm³/mol. The molecule has 1 aliphatic rings. The first-order valence-electron chi connectivity index (χ1n) is 9.36. The highest BCUT2D eigenvalue weighted by atomic mass is 16.5. The minimum atomic E-state index is -0.481. The van der Waals surface area contributed by atoms with Gasteiger partial charge in [-0.3, -0.25) is 4.79 Å². The number of ether oxygens (including phenoxy) is 2. The standard InChI is InChI=1S/C22H27NO3/c1-2-20(26-19-11-7-4-8-12-19)21(24)23-17-22(13-15-25-16-14-22)18-9-5-3-6-10-18/h3-12,20H,2,13-17H2,1H3,(H,23,24)/t20-/m0/s1. The van der Waals surface area contributed by atoms with Crippen molar-refractivity contribution in [1.82, 2.24) is 5.32 Å². The number of carbonyl (C=O) groups excluding carboxylic acids is 1. The van der Waals surface area contributed by atoms with Crippen molar-refractivity contribution in [3.63, 3.8) is 0 Å². The van der Waals surface area contributed by atoms with Crippen LogP contribution in [-0.2, 0) is 14.9 Å². The summed E-state index contributed by atoms with van der Waals surface area (Å²) in [6.45, 7) is 4.02. The van der Waals surface area contributed by atoms with Crippen LogP contribution in [0.3, 0.4) is 0 Å². The van der Waals surface area contributed by atoms with Gasteiger partial charge in [-0.1, -0.05) is 55.5 Å². The number of hydrogen-bond acceptors (Lipinski definition) is 3. The van der Waals surface area contributed by atoms with Crippen LogP contribution in [0.4, 0.5) is 0 Å². The van der Waals surface area contributed by atoms with E-state index in [1.54, 1.807) is 0 Å². The van der Waals surface area contributed by atoms with Crippen molar-refractivity contribution < 1.29 is 14.3 Å². The van der Waals surface area contributed by atoms with Crippen LogP contribution >= 0.6 is 0 Å². The summed E-state index contributed by atoms with van der Waals surface area (Å²) >= 11 is 0. The first-order chi connectivity index (χ1) is 12.7. The van der Waals surface area contributed by atoms with Crippen molar-refractivity contribution in [2.45, 2.75) is 37.7 Å². The number of carbonyl (C=O) groups is 1. The van der Waals surface area contributed by atoms with Crippen LogP contribution in [-0.4, -0.2) is 31.8 Å². The van der Waals surface area contributed by atoms with Crippen LogP contribution in [0.2, 0.25) is 0 Å². The molecular formula is C22H27NO3. The molecule has 1 heterocycles. The third-order valence-electron chi connectivity index (χ3n) is 5.12. The lowest BCUT2D eigenvalue weighted by molar-refractivity contribution is -0.128. The lowest BCUT2D eigenvalue weighted by Crippen LogP contribution is -2.48. The summed E-state index contributed by atoms with van der Waals surface area (Å²) in [6.07, 6.45) is 1.97. The van der Waals surface area contributed by atoms with Gasteiger partial charge in [0, 0.05) is 25.2 Å². The molecule has 1 fully saturated rings. The molecule has 0 aliphatic carbocycles. The van der Waals surface area contributed by atoms with Crippen LogP contribution in [0.5, 0.6) is 5.75 Å². The monoisotopic (exact) mass is 353 g/mol. The number of rotatable bonds is 7. The van der Waals surface area contributed by atoms with Gasteiger partial charge in [0.25, 0.3) is 5.91 Å². The number of nitrogens with one attached hydrogen (secondary N) is 1. The Hall–Kier alpha value is -2.33. The molecule has 4 nitrogen and oxygen atoms in total. The Labute approximate surface area is 155 Å². The third kappa shape index (κ3) is 4.44. The highest BCUT2D eigenvalue weighted by molar-refractivity contribution is 5.81. The average molecular weight is 353 g/mol. The van der Waals surface area contributed by atoms with Gasteiger partial charge in [0.05, 0.1) is 0 Å². The molecule has 3 rings (SSSR count). The van der Waals surface area contributed by atoms with Crippen LogP contribution < -0.4 is 10.1 Å². The Balaban J connectivity index is 1.67. The minimum Gasteiger partial charge on any atom is -0.481 e. The summed E-state index contributed by atoms with van der Waals surface area (Å²) in [7, 11) is 0. The first kappa shape index (κ1) is 18.5. The summed E-state index contributed by atoms with van der Waals surface area (Å²) in [5, 5.41) is 3.14. The van der Waals surface area contributed by atoms with Crippen molar-refractivity contribution in [3.8, 4) is 5.75 Å². The summed E-state index contributed by atoms with van der Waals surface area (Å²) in [5.74, 6) is 0.663. The molecule has 1 amide bonds. The topological polar surface area (TPSA) is 47.6 Å². The SMILES string of the molecule is CC[C@H](Oc1ccccc1)C(=O)NCC1(c2ccccc2)CCOCC1. The van der Waals surface area contributed by atoms with Crippen LogP contribution in [0.1, 0.15) is 31.7 Å². The van der Waals surface area contributed by atoms with Gasteiger partial charge in [-0.2, -0.15) is 0 Å². The third-order valence-corrected chi connectivity index (χ3v) is 5.12. The van der Waals surface area contributed by atoms with Gasteiger partial charge in [-0.25, -0.2) is 0 Å². The van der Waals surface area contributed by atoms with E-state index in [1.165, 1.54) is 5.56 Å². The lowest BCUT2D eigenvalue weighted by atomic mass is 9.74. The Morgan fingerprint density at radius 3 is 2.31 bits per heavy atom. The molecule has 4 heteroatoms. The number of amides is 1. The molecule has 26 heavy (non-hydrogen) atoms. The second-order valence-electron chi connectivity index (χ2n) is 6.80. The summed E-state index contributed by atoms with van der Waals surface area (Å²) < 4.78 is 11.4. The molecule has 0 radical (unpaired) electrons. The first-order valence-corrected chi connectivity index (χ1v) is 9.36. The van der Waals surface area contributed by atoms with E-state index in [-0.39, 0.29) is 11.3 Å². The van der Waals surface area contributed by atoms with Gasteiger partial charge >= 0.3 is 0 Å². The smallest absolute Gasteiger partial charge is 0.261 e. The number of hydrogen-bond donors (Lipinski definition) is 1. The Kier molecular flexibility index (Phi) is 6.29. The molecule has 1 saturated heterocycles. The Morgan fingerprint density at radius 2 is 1.69 bits per heavy atom. The molecule has 0 aromatic heterocycles. The van der Waals surface area contributed by atoms with Gasteiger partial charge in [-0.05, 0) is 37.0 Å². The van der Waals surface area contributed by atoms with E-state index in [4.69, 9.17) is 9.47 Å². The van der Waals surface area contributed by atoms with Gasteiger partial charge in [0.2, 0.25) is 0 Å². The maximum atomic E-state index is 12.7. The molecule has 0 bridgehead atoms. The molecule has 2 aromatic rings.